The van der Waals surface area contributed by atoms with Crippen molar-refractivity contribution in [2.45, 2.75) is 13.1 Å². The molecule has 0 bridgehead atoms. The van der Waals surface area contributed by atoms with Gasteiger partial charge in [-0.25, -0.2) is 9.48 Å². The SMILES string of the molecule is O=C(Cn1c(=O)oc2ccccc21)Nc1ccnn1Cc1ccccc1Cl. The molecule has 0 fully saturated rings. The first-order chi connectivity index (χ1) is 13.1. The van der Waals surface area contributed by atoms with Crippen molar-refractivity contribution in [3.8, 4) is 0 Å². The first-order valence-electron chi connectivity index (χ1n) is 8.25. The van der Waals surface area contributed by atoms with Gasteiger partial charge in [-0.3, -0.25) is 9.36 Å². The topological polar surface area (TPSA) is 82.1 Å². The molecule has 2 heterocycles. The minimum atomic E-state index is -0.573. The van der Waals surface area contributed by atoms with E-state index in [2.05, 4.69) is 10.4 Å². The van der Waals surface area contributed by atoms with Crippen molar-refractivity contribution in [2.75, 3.05) is 5.32 Å². The fraction of sp³-hybridized carbons (Fsp3) is 0.105. The molecule has 136 valence electrons. The quantitative estimate of drug-likeness (QED) is 0.575. The van der Waals surface area contributed by atoms with Gasteiger partial charge in [0.1, 0.15) is 12.4 Å². The Morgan fingerprint density at radius 1 is 1.11 bits per heavy atom. The summed E-state index contributed by atoms with van der Waals surface area (Å²) in [5.41, 5.74) is 1.90. The van der Waals surface area contributed by atoms with Crippen LogP contribution in [0.1, 0.15) is 5.56 Å². The second-order valence-electron chi connectivity index (χ2n) is 5.94. The number of para-hydroxylation sites is 2. The zero-order valence-corrected chi connectivity index (χ0v) is 14.9. The van der Waals surface area contributed by atoms with Crippen LogP contribution in [0.25, 0.3) is 11.1 Å². The summed E-state index contributed by atoms with van der Waals surface area (Å²) in [6, 6.07) is 16.1. The van der Waals surface area contributed by atoms with Crippen LogP contribution in [-0.4, -0.2) is 20.3 Å². The molecule has 0 unspecified atom stereocenters. The Kier molecular flexibility index (Phi) is 4.52. The molecule has 7 nitrogen and oxygen atoms in total. The lowest BCUT2D eigenvalue weighted by Gasteiger charge is -2.10. The molecule has 27 heavy (non-hydrogen) atoms. The van der Waals surface area contributed by atoms with Crippen LogP contribution in [-0.2, 0) is 17.9 Å². The molecule has 2 aromatic carbocycles. The molecule has 0 atom stereocenters. The zero-order valence-electron chi connectivity index (χ0n) is 14.1. The average Bonchev–Trinajstić information content (AvgIpc) is 3.21. The molecular formula is C19H15ClN4O3. The third-order valence-electron chi connectivity index (χ3n) is 4.14. The minimum absolute atomic E-state index is 0.160. The smallest absolute Gasteiger partial charge is 0.408 e. The standard InChI is InChI=1S/C19H15ClN4O3/c20-14-6-2-1-5-13(14)11-24-17(9-10-21-24)22-18(25)12-23-15-7-3-4-8-16(15)27-19(23)26/h1-10H,11-12H2,(H,22,25). The van der Waals surface area contributed by atoms with Crippen LogP contribution in [0.2, 0.25) is 5.02 Å². The number of carbonyl (C=O) groups excluding carboxylic acids is 1. The van der Waals surface area contributed by atoms with Gasteiger partial charge in [0.2, 0.25) is 5.91 Å². The predicted molar refractivity (Wildman–Crippen MR) is 102 cm³/mol. The van der Waals surface area contributed by atoms with Crippen LogP contribution >= 0.6 is 11.6 Å². The Morgan fingerprint density at radius 2 is 1.89 bits per heavy atom. The van der Waals surface area contributed by atoms with Gasteiger partial charge < -0.3 is 9.73 Å². The minimum Gasteiger partial charge on any atom is -0.408 e. The van der Waals surface area contributed by atoms with Gasteiger partial charge in [0.25, 0.3) is 0 Å². The Labute approximate surface area is 158 Å². The molecule has 0 spiro atoms. The number of oxazole rings is 1. The number of nitrogens with zero attached hydrogens (tertiary/aromatic N) is 3. The summed E-state index contributed by atoms with van der Waals surface area (Å²) in [5, 5.41) is 7.63. The first kappa shape index (κ1) is 17.1. The van der Waals surface area contributed by atoms with Crippen LogP contribution < -0.4 is 11.1 Å². The molecule has 0 aliphatic rings. The second-order valence-corrected chi connectivity index (χ2v) is 6.34. The summed E-state index contributed by atoms with van der Waals surface area (Å²) in [4.78, 5) is 24.5. The van der Waals surface area contributed by atoms with Gasteiger partial charge in [-0.1, -0.05) is 41.9 Å². The molecule has 4 aromatic rings. The summed E-state index contributed by atoms with van der Waals surface area (Å²) in [6.45, 7) is 0.254. The lowest BCUT2D eigenvalue weighted by Crippen LogP contribution is -2.25. The van der Waals surface area contributed by atoms with E-state index in [1.807, 2.05) is 18.2 Å². The van der Waals surface area contributed by atoms with Crippen molar-refractivity contribution in [1.29, 1.82) is 0 Å². The fourth-order valence-corrected chi connectivity index (χ4v) is 3.04. The molecule has 0 aliphatic carbocycles. The number of anilines is 1. The molecule has 4 rings (SSSR count). The van der Waals surface area contributed by atoms with Crippen molar-refractivity contribution < 1.29 is 9.21 Å². The highest BCUT2D eigenvalue weighted by atomic mass is 35.5. The maximum absolute atomic E-state index is 12.5. The fourth-order valence-electron chi connectivity index (χ4n) is 2.84. The van der Waals surface area contributed by atoms with E-state index in [-0.39, 0.29) is 12.5 Å². The third kappa shape index (κ3) is 3.50. The molecule has 1 amide bonds. The predicted octanol–water partition coefficient (Wildman–Crippen LogP) is 3.13. The van der Waals surface area contributed by atoms with Crippen molar-refractivity contribution in [1.82, 2.24) is 14.3 Å². The molecule has 0 saturated heterocycles. The van der Waals surface area contributed by atoms with Gasteiger partial charge in [-0.15, -0.1) is 0 Å². The van der Waals surface area contributed by atoms with E-state index >= 15 is 0 Å². The van der Waals surface area contributed by atoms with Crippen LogP contribution in [0.15, 0.2) is 70.0 Å². The highest BCUT2D eigenvalue weighted by Gasteiger charge is 2.14. The van der Waals surface area contributed by atoms with E-state index in [0.717, 1.165) is 5.56 Å². The summed E-state index contributed by atoms with van der Waals surface area (Å²) < 4.78 is 8.07. The maximum atomic E-state index is 12.5. The number of halogens is 1. The number of nitrogens with one attached hydrogen (secondary N) is 1. The second kappa shape index (κ2) is 7.13. The normalized spacial score (nSPS) is 11.0. The van der Waals surface area contributed by atoms with E-state index < -0.39 is 5.76 Å². The van der Waals surface area contributed by atoms with E-state index in [1.54, 1.807) is 47.3 Å². The number of rotatable bonds is 5. The molecule has 2 aromatic heterocycles. The lowest BCUT2D eigenvalue weighted by molar-refractivity contribution is -0.116. The summed E-state index contributed by atoms with van der Waals surface area (Å²) in [6.07, 6.45) is 1.59. The van der Waals surface area contributed by atoms with Crippen molar-refractivity contribution in [3.05, 3.63) is 81.9 Å². The third-order valence-corrected chi connectivity index (χ3v) is 4.51. The van der Waals surface area contributed by atoms with Crippen molar-refractivity contribution >= 4 is 34.4 Å². The Hall–Kier alpha value is -3.32. The summed E-state index contributed by atoms with van der Waals surface area (Å²) in [5.74, 6) is -0.416. The first-order valence-corrected chi connectivity index (χ1v) is 8.63. The number of carbonyl (C=O) groups is 1. The van der Waals surface area contributed by atoms with Crippen LogP contribution in [0.5, 0.6) is 0 Å². The lowest BCUT2D eigenvalue weighted by atomic mass is 10.2. The average molecular weight is 383 g/mol. The monoisotopic (exact) mass is 382 g/mol. The van der Waals surface area contributed by atoms with Gasteiger partial charge in [-0.05, 0) is 23.8 Å². The molecule has 0 radical (unpaired) electrons. The number of amides is 1. The molecule has 0 aliphatic heterocycles. The van der Waals surface area contributed by atoms with Crippen LogP contribution in [0.3, 0.4) is 0 Å². The molecule has 1 N–H and O–H groups in total. The van der Waals surface area contributed by atoms with E-state index in [9.17, 15) is 9.59 Å². The summed E-state index contributed by atoms with van der Waals surface area (Å²) >= 11 is 6.19. The van der Waals surface area contributed by atoms with Crippen molar-refractivity contribution in [3.63, 3.8) is 0 Å². The summed E-state index contributed by atoms with van der Waals surface area (Å²) in [7, 11) is 0. The molecule has 8 heteroatoms. The largest absolute Gasteiger partial charge is 0.420 e. The number of hydrogen-bond acceptors (Lipinski definition) is 4. The van der Waals surface area contributed by atoms with E-state index in [4.69, 9.17) is 16.0 Å². The van der Waals surface area contributed by atoms with Gasteiger partial charge in [-0.2, -0.15) is 5.10 Å². The van der Waals surface area contributed by atoms with Crippen LogP contribution in [0, 0.1) is 0 Å². The number of fused-ring (bicyclic) bond motifs is 1. The maximum Gasteiger partial charge on any atom is 0.420 e. The number of benzene rings is 2. The zero-order chi connectivity index (χ0) is 18.8. The number of hydrogen-bond donors (Lipinski definition) is 1. The van der Waals surface area contributed by atoms with Gasteiger partial charge in [0.05, 0.1) is 18.3 Å². The van der Waals surface area contributed by atoms with Crippen molar-refractivity contribution in [2.24, 2.45) is 0 Å². The van der Waals surface area contributed by atoms with Gasteiger partial charge >= 0.3 is 5.76 Å². The van der Waals surface area contributed by atoms with Gasteiger partial charge in [0.15, 0.2) is 5.58 Å². The Balaban J connectivity index is 1.52. The van der Waals surface area contributed by atoms with E-state index in [1.165, 1.54) is 4.57 Å². The highest BCUT2D eigenvalue weighted by molar-refractivity contribution is 6.31. The number of aromatic nitrogens is 3. The Morgan fingerprint density at radius 3 is 2.74 bits per heavy atom. The van der Waals surface area contributed by atoms with Crippen LogP contribution in [0.4, 0.5) is 5.82 Å². The van der Waals surface area contributed by atoms with Gasteiger partial charge in [0, 0.05) is 11.1 Å². The highest BCUT2D eigenvalue weighted by Crippen LogP contribution is 2.18. The molecular weight excluding hydrogens is 368 g/mol. The Bertz CT molecular complexity index is 1170. The van der Waals surface area contributed by atoms with E-state index in [0.29, 0.717) is 28.5 Å². The molecule has 0 saturated carbocycles.